The second-order valence-electron chi connectivity index (χ2n) is 5.72. The summed E-state index contributed by atoms with van der Waals surface area (Å²) in [6, 6.07) is 20.6. The van der Waals surface area contributed by atoms with E-state index < -0.39 is 0 Å². The fourth-order valence-electron chi connectivity index (χ4n) is 2.43. The van der Waals surface area contributed by atoms with E-state index in [1.807, 2.05) is 60.7 Å². The largest absolute Gasteiger partial charge is 0.495 e. The molecule has 0 aliphatic carbocycles. The predicted molar refractivity (Wildman–Crippen MR) is 106 cm³/mol. The smallest absolute Gasteiger partial charge is 0.228 e. The molecule has 6 heteroatoms. The van der Waals surface area contributed by atoms with Gasteiger partial charge in [-0.05, 0) is 36.4 Å². The van der Waals surface area contributed by atoms with Crippen LogP contribution in [-0.4, -0.2) is 24.6 Å². The van der Waals surface area contributed by atoms with E-state index in [0.29, 0.717) is 12.4 Å². The summed E-state index contributed by atoms with van der Waals surface area (Å²) < 4.78 is 10.8. The molecule has 3 rings (SSSR count). The maximum atomic E-state index is 12.0. The van der Waals surface area contributed by atoms with E-state index in [-0.39, 0.29) is 12.3 Å². The van der Waals surface area contributed by atoms with Crippen LogP contribution < -0.4 is 20.1 Å². The quantitative estimate of drug-likeness (QED) is 0.626. The highest BCUT2D eigenvalue weighted by atomic mass is 16.5. The lowest BCUT2D eigenvalue weighted by Gasteiger charge is -2.11. The van der Waals surface area contributed by atoms with E-state index in [1.54, 1.807) is 19.4 Å². The molecule has 2 aromatic carbocycles. The molecule has 0 fully saturated rings. The lowest BCUT2D eigenvalue weighted by Crippen LogP contribution is -2.16. The van der Waals surface area contributed by atoms with Gasteiger partial charge in [-0.1, -0.05) is 30.3 Å². The second kappa shape index (κ2) is 9.24. The molecule has 138 valence electrons. The summed E-state index contributed by atoms with van der Waals surface area (Å²) in [7, 11) is 1.62. The van der Waals surface area contributed by atoms with Crippen molar-refractivity contribution < 1.29 is 14.3 Å². The summed E-state index contributed by atoms with van der Waals surface area (Å²) in [5.41, 5.74) is 1.64. The normalized spacial score (nSPS) is 10.1. The molecule has 0 saturated heterocycles. The third kappa shape index (κ3) is 5.47. The van der Waals surface area contributed by atoms with E-state index in [2.05, 4.69) is 15.6 Å². The van der Waals surface area contributed by atoms with Gasteiger partial charge in [-0.3, -0.25) is 4.79 Å². The van der Waals surface area contributed by atoms with Crippen LogP contribution in [0, 0.1) is 0 Å². The molecule has 1 amide bonds. The number of methoxy groups -OCH3 is 1. The van der Waals surface area contributed by atoms with Crippen molar-refractivity contribution >= 4 is 23.1 Å². The number of para-hydroxylation sites is 3. The Bertz CT molecular complexity index is 867. The second-order valence-corrected chi connectivity index (χ2v) is 5.72. The van der Waals surface area contributed by atoms with E-state index in [4.69, 9.17) is 9.47 Å². The molecule has 27 heavy (non-hydrogen) atoms. The SMILES string of the molecule is COc1ccccc1Nc1ccc(NC(=O)CCOc2ccccc2)nc1. The molecule has 0 radical (unpaired) electrons. The maximum absolute atomic E-state index is 12.0. The Hall–Kier alpha value is -3.54. The Balaban J connectivity index is 1.49. The predicted octanol–water partition coefficient (Wildman–Crippen LogP) is 4.24. The molecule has 0 spiro atoms. The summed E-state index contributed by atoms with van der Waals surface area (Å²) in [5.74, 6) is 1.83. The van der Waals surface area contributed by atoms with Crippen molar-refractivity contribution in [2.75, 3.05) is 24.4 Å². The number of nitrogens with zero attached hydrogens (tertiary/aromatic N) is 1. The molecule has 1 aromatic heterocycles. The van der Waals surface area contributed by atoms with Gasteiger partial charge in [-0.25, -0.2) is 4.98 Å². The highest BCUT2D eigenvalue weighted by molar-refractivity contribution is 5.89. The number of hydrogen-bond acceptors (Lipinski definition) is 5. The minimum atomic E-state index is -0.149. The zero-order chi connectivity index (χ0) is 18.9. The van der Waals surface area contributed by atoms with Crippen LogP contribution in [-0.2, 0) is 4.79 Å². The van der Waals surface area contributed by atoms with Crippen LogP contribution in [0.3, 0.4) is 0 Å². The lowest BCUT2D eigenvalue weighted by molar-refractivity contribution is -0.116. The summed E-state index contributed by atoms with van der Waals surface area (Å²) in [4.78, 5) is 16.3. The molecule has 0 aliphatic rings. The number of anilines is 3. The van der Waals surface area contributed by atoms with Gasteiger partial charge in [-0.2, -0.15) is 0 Å². The fourth-order valence-corrected chi connectivity index (χ4v) is 2.43. The van der Waals surface area contributed by atoms with Gasteiger partial charge in [0.15, 0.2) is 0 Å². The van der Waals surface area contributed by atoms with Crippen molar-refractivity contribution in [1.29, 1.82) is 0 Å². The topological polar surface area (TPSA) is 72.5 Å². The maximum Gasteiger partial charge on any atom is 0.228 e. The number of pyridine rings is 1. The zero-order valence-electron chi connectivity index (χ0n) is 15.0. The average molecular weight is 363 g/mol. The standard InChI is InChI=1S/C21H21N3O3/c1-26-19-10-6-5-9-18(19)23-16-11-12-20(22-15-16)24-21(25)13-14-27-17-7-3-2-4-8-17/h2-12,15,23H,13-14H2,1H3,(H,22,24,25). The first-order valence-corrected chi connectivity index (χ1v) is 8.58. The Morgan fingerprint density at radius 3 is 2.52 bits per heavy atom. The van der Waals surface area contributed by atoms with Crippen LogP contribution in [0.2, 0.25) is 0 Å². The van der Waals surface area contributed by atoms with Crippen molar-refractivity contribution in [3.05, 3.63) is 72.9 Å². The van der Waals surface area contributed by atoms with Crippen molar-refractivity contribution in [1.82, 2.24) is 4.98 Å². The van der Waals surface area contributed by atoms with Gasteiger partial charge < -0.3 is 20.1 Å². The number of benzene rings is 2. The number of ether oxygens (including phenoxy) is 2. The molecule has 0 bridgehead atoms. The minimum absolute atomic E-state index is 0.149. The Labute approximate surface area is 158 Å². The minimum Gasteiger partial charge on any atom is -0.495 e. The first-order chi connectivity index (χ1) is 13.2. The molecule has 6 nitrogen and oxygen atoms in total. The highest BCUT2D eigenvalue weighted by Crippen LogP contribution is 2.26. The average Bonchev–Trinajstić information content (AvgIpc) is 2.71. The summed E-state index contributed by atoms with van der Waals surface area (Å²) >= 11 is 0. The summed E-state index contributed by atoms with van der Waals surface area (Å²) in [6.45, 7) is 0.309. The van der Waals surface area contributed by atoms with Crippen molar-refractivity contribution in [2.24, 2.45) is 0 Å². The van der Waals surface area contributed by atoms with Gasteiger partial charge in [0, 0.05) is 0 Å². The summed E-state index contributed by atoms with van der Waals surface area (Å²) in [5, 5.41) is 6.00. The van der Waals surface area contributed by atoms with Crippen LogP contribution >= 0.6 is 0 Å². The molecule has 3 aromatic rings. The number of carbonyl (C=O) groups is 1. The Morgan fingerprint density at radius 1 is 1.00 bits per heavy atom. The molecule has 0 atom stereocenters. The number of nitrogens with one attached hydrogen (secondary N) is 2. The monoisotopic (exact) mass is 363 g/mol. The molecule has 0 saturated carbocycles. The van der Waals surface area contributed by atoms with Gasteiger partial charge in [0.1, 0.15) is 17.3 Å². The van der Waals surface area contributed by atoms with Gasteiger partial charge >= 0.3 is 0 Å². The first kappa shape index (κ1) is 18.3. The van der Waals surface area contributed by atoms with Gasteiger partial charge in [0.2, 0.25) is 5.91 Å². The third-order valence-corrected chi connectivity index (χ3v) is 3.76. The molecule has 0 unspecified atom stereocenters. The van der Waals surface area contributed by atoms with Gasteiger partial charge in [0.05, 0.1) is 37.7 Å². The van der Waals surface area contributed by atoms with Crippen LogP contribution in [0.1, 0.15) is 6.42 Å². The van der Waals surface area contributed by atoms with Crippen LogP contribution in [0.25, 0.3) is 0 Å². The van der Waals surface area contributed by atoms with Crippen molar-refractivity contribution in [3.63, 3.8) is 0 Å². The summed E-state index contributed by atoms with van der Waals surface area (Å²) in [6.07, 6.45) is 1.90. The Morgan fingerprint density at radius 2 is 1.78 bits per heavy atom. The fraction of sp³-hybridized carbons (Fsp3) is 0.143. The van der Waals surface area contributed by atoms with Gasteiger partial charge in [-0.15, -0.1) is 0 Å². The highest BCUT2D eigenvalue weighted by Gasteiger charge is 2.06. The van der Waals surface area contributed by atoms with E-state index in [1.165, 1.54) is 0 Å². The van der Waals surface area contributed by atoms with Gasteiger partial charge in [0.25, 0.3) is 0 Å². The Kier molecular flexibility index (Phi) is 6.25. The van der Waals surface area contributed by atoms with Crippen LogP contribution in [0.15, 0.2) is 72.9 Å². The first-order valence-electron chi connectivity index (χ1n) is 8.58. The van der Waals surface area contributed by atoms with Crippen LogP contribution in [0.4, 0.5) is 17.2 Å². The number of aromatic nitrogens is 1. The lowest BCUT2D eigenvalue weighted by atomic mass is 10.2. The third-order valence-electron chi connectivity index (χ3n) is 3.76. The molecule has 1 heterocycles. The number of rotatable bonds is 8. The molecular formula is C21H21N3O3. The van der Waals surface area contributed by atoms with E-state index in [9.17, 15) is 4.79 Å². The van der Waals surface area contributed by atoms with Crippen molar-refractivity contribution in [3.8, 4) is 11.5 Å². The number of hydrogen-bond donors (Lipinski definition) is 2. The number of amides is 1. The molecule has 0 aliphatic heterocycles. The van der Waals surface area contributed by atoms with E-state index >= 15 is 0 Å². The van der Waals surface area contributed by atoms with Crippen LogP contribution in [0.5, 0.6) is 11.5 Å². The zero-order valence-corrected chi connectivity index (χ0v) is 15.0. The molecule has 2 N–H and O–H groups in total. The molecular weight excluding hydrogens is 342 g/mol. The van der Waals surface area contributed by atoms with Crippen molar-refractivity contribution in [2.45, 2.75) is 6.42 Å². The number of carbonyl (C=O) groups excluding carboxylic acids is 1. The van der Waals surface area contributed by atoms with E-state index in [0.717, 1.165) is 22.9 Å².